The third kappa shape index (κ3) is 3.08. The number of hydrogen-bond acceptors (Lipinski definition) is 6. The Balaban J connectivity index is 2.27. The highest BCUT2D eigenvalue weighted by atomic mass is 32.1. The molecule has 0 spiro atoms. The number of nitrogen functional groups attached to an aromatic ring is 1. The SMILES string of the molecule is CCCC(C)OCc1nc(NN)c2c(C)c(C)sc2n1. The number of hydrogen-bond donors (Lipinski definition) is 2. The summed E-state index contributed by atoms with van der Waals surface area (Å²) in [7, 11) is 0. The third-order valence-electron chi connectivity index (χ3n) is 3.40. The molecular weight excluding hydrogens is 272 g/mol. The van der Waals surface area contributed by atoms with Crippen LogP contribution < -0.4 is 11.3 Å². The van der Waals surface area contributed by atoms with Crippen molar-refractivity contribution in [1.29, 1.82) is 0 Å². The second-order valence-corrected chi connectivity index (χ2v) is 6.21. The lowest BCUT2D eigenvalue weighted by Gasteiger charge is -2.12. The highest BCUT2D eigenvalue weighted by molar-refractivity contribution is 7.18. The van der Waals surface area contributed by atoms with Crippen molar-refractivity contribution in [2.24, 2.45) is 5.84 Å². The Bertz CT molecular complexity index is 596. The Morgan fingerprint density at radius 1 is 1.35 bits per heavy atom. The summed E-state index contributed by atoms with van der Waals surface area (Å²) in [4.78, 5) is 11.2. The molecule has 0 bridgehead atoms. The molecule has 0 aliphatic heterocycles. The third-order valence-corrected chi connectivity index (χ3v) is 4.50. The maximum atomic E-state index is 5.76. The van der Waals surface area contributed by atoms with Gasteiger partial charge in [0.1, 0.15) is 11.4 Å². The highest BCUT2D eigenvalue weighted by Crippen LogP contribution is 2.32. The van der Waals surface area contributed by atoms with Gasteiger partial charge in [-0.25, -0.2) is 15.8 Å². The molecule has 6 heteroatoms. The van der Waals surface area contributed by atoms with Crippen LogP contribution in [0.25, 0.3) is 10.2 Å². The summed E-state index contributed by atoms with van der Waals surface area (Å²) in [5.41, 5.74) is 3.86. The van der Waals surface area contributed by atoms with Crippen LogP contribution in [0.15, 0.2) is 0 Å². The second kappa shape index (κ2) is 6.47. The molecule has 20 heavy (non-hydrogen) atoms. The van der Waals surface area contributed by atoms with E-state index in [0.717, 1.165) is 23.1 Å². The van der Waals surface area contributed by atoms with Gasteiger partial charge in [0.05, 0.1) is 11.5 Å². The molecule has 2 aromatic heterocycles. The first-order chi connectivity index (χ1) is 9.56. The predicted octanol–water partition coefficient (Wildman–Crippen LogP) is 3.30. The summed E-state index contributed by atoms with van der Waals surface area (Å²) in [6.45, 7) is 8.79. The number of nitrogens with two attached hydrogens (primary N) is 1. The van der Waals surface area contributed by atoms with E-state index < -0.39 is 0 Å². The number of hydrazine groups is 1. The van der Waals surface area contributed by atoms with E-state index in [0.29, 0.717) is 18.2 Å². The number of rotatable bonds is 6. The summed E-state index contributed by atoms with van der Waals surface area (Å²) in [5, 5.41) is 1.01. The Morgan fingerprint density at radius 3 is 2.75 bits per heavy atom. The largest absolute Gasteiger partial charge is 0.371 e. The van der Waals surface area contributed by atoms with Crippen LogP contribution in [0.2, 0.25) is 0 Å². The number of nitrogens with zero attached hydrogens (tertiary/aromatic N) is 2. The fourth-order valence-corrected chi connectivity index (χ4v) is 3.22. The molecule has 5 nitrogen and oxygen atoms in total. The van der Waals surface area contributed by atoms with E-state index in [1.165, 1.54) is 10.4 Å². The summed E-state index contributed by atoms with van der Waals surface area (Å²) in [5.74, 6) is 6.95. The van der Waals surface area contributed by atoms with Crippen LogP contribution >= 0.6 is 11.3 Å². The van der Waals surface area contributed by atoms with Crippen LogP contribution in [-0.2, 0) is 11.3 Å². The van der Waals surface area contributed by atoms with Crippen molar-refractivity contribution < 1.29 is 4.74 Å². The average Bonchev–Trinajstić information content (AvgIpc) is 2.71. The van der Waals surface area contributed by atoms with Gasteiger partial charge in [0, 0.05) is 4.88 Å². The average molecular weight is 294 g/mol. The zero-order chi connectivity index (χ0) is 14.7. The van der Waals surface area contributed by atoms with Crippen LogP contribution in [0.4, 0.5) is 5.82 Å². The lowest BCUT2D eigenvalue weighted by molar-refractivity contribution is 0.0434. The summed E-state index contributed by atoms with van der Waals surface area (Å²) in [6, 6.07) is 0. The number of fused-ring (bicyclic) bond motifs is 1. The monoisotopic (exact) mass is 294 g/mol. The molecule has 0 saturated carbocycles. The van der Waals surface area contributed by atoms with Gasteiger partial charge in [-0.05, 0) is 32.8 Å². The van der Waals surface area contributed by atoms with Crippen LogP contribution in [0.3, 0.4) is 0 Å². The van der Waals surface area contributed by atoms with Crippen molar-refractivity contribution in [3.8, 4) is 0 Å². The maximum absolute atomic E-state index is 5.76. The van der Waals surface area contributed by atoms with Crippen molar-refractivity contribution in [1.82, 2.24) is 9.97 Å². The van der Waals surface area contributed by atoms with Crippen LogP contribution in [0, 0.1) is 13.8 Å². The lowest BCUT2D eigenvalue weighted by Crippen LogP contribution is -2.13. The van der Waals surface area contributed by atoms with E-state index in [1.807, 2.05) is 0 Å². The zero-order valence-corrected chi connectivity index (χ0v) is 13.3. The second-order valence-electron chi connectivity index (χ2n) is 5.01. The number of aryl methyl sites for hydroxylation is 2. The van der Waals surface area contributed by atoms with Gasteiger partial charge in [-0.3, -0.25) is 0 Å². The van der Waals surface area contributed by atoms with Crippen molar-refractivity contribution in [2.75, 3.05) is 5.43 Å². The molecule has 0 amide bonds. The molecule has 0 aliphatic carbocycles. The lowest BCUT2D eigenvalue weighted by atomic mass is 10.2. The van der Waals surface area contributed by atoms with Crippen LogP contribution in [0.1, 0.15) is 43.0 Å². The minimum atomic E-state index is 0.223. The van der Waals surface area contributed by atoms with Gasteiger partial charge in [-0.15, -0.1) is 11.3 Å². The smallest absolute Gasteiger partial charge is 0.158 e. The number of thiophene rings is 1. The summed E-state index contributed by atoms with van der Waals surface area (Å²) in [6.07, 6.45) is 2.38. The molecule has 0 fully saturated rings. The van der Waals surface area contributed by atoms with Crippen LogP contribution in [-0.4, -0.2) is 16.1 Å². The molecule has 1 unspecified atom stereocenters. The fourth-order valence-electron chi connectivity index (χ4n) is 2.17. The summed E-state index contributed by atoms with van der Waals surface area (Å²) < 4.78 is 5.76. The van der Waals surface area contributed by atoms with E-state index in [2.05, 4.69) is 43.1 Å². The summed E-state index contributed by atoms with van der Waals surface area (Å²) >= 11 is 1.66. The predicted molar refractivity (Wildman–Crippen MR) is 83.9 cm³/mol. The van der Waals surface area contributed by atoms with Gasteiger partial charge >= 0.3 is 0 Å². The fraction of sp³-hybridized carbons (Fsp3) is 0.571. The maximum Gasteiger partial charge on any atom is 0.158 e. The highest BCUT2D eigenvalue weighted by Gasteiger charge is 2.14. The topological polar surface area (TPSA) is 73.1 Å². The molecular formula is C14H22N4OS. The molecule has 110 valence electrons. The van der Waals surface area contributed by atoms with Gasteiger partial charge in [-0.1, -0.05) is 13.3 Å². The number of aromatic nitrogens is 2. The Labute approximate surface area is 123 Å². The zero-order valence-electron chi connectivity index (χ0n) is 12.5. The molecule has 0 radical (unpaired) electrons. The minimum absolute atomic E-state index is 0.223. The van der Waals surface area contributed by atoms with Crippen molar-refractivity contribution in [3.63, 3.8) is 0 Å². The van der Waals surface area contributed by atoms with Crippen LogP contribution in [0.5, 0.6) is 0 Å². The van der Waals surface area contributed by atoms with E-state index in [9.17, 15) is 0 Å². The molecule has 0 aromatic carbocycles. The van der Waals surface area contributed by atoms with Gasteiger partial charge < -0.3 is 10.2 Å². The first-order valence-electron chi connectivity index (χ1n) is 6.91. The normalized spacial score (nSPS) is 12.8. The number of ether oxygens (including phenoxy) is 1. The van der Waals surface area contributed by atoms with Gasteiger partial charge in [0.25, 0.3) is 0 Å². The Hall–Kier alpha value is -1.24. The van der Waals surface area contributed by atoms with Crippen molar-refractivity contribution >= 4 is 27.4 Å². The van der Waals surface area contributed by atoms with E-state index in [4.69, 9.17) is 10.6 Å². The van der Waals surface area contributed by atoms with E-state index in [-0.39, 0.29) is 6.10 Å². The Morgan fingerprint density at radius 2 is 2.10 bits per heavy atom. The van der Waals surface area contributed by atoms with E-state index >= 15 is 0 Å². The van der Waals surface area contributed by atoms with Crippen molar-refractivity contribution in [3.05, 3.63) is 16.3 Å². The van der Waals surface area contributed by atoms with Gasteiger partial charge in [-0.2, -0.15) is 0 Å². The molecule has 1 atom stereocenters. The quantitative estimate of drug-likeness (QED) is 0.631. The molecule has 2 aromatic rings. The van der Waals surface area contributed by atoms with E-state index in [1.54, 1.807) is 11.3 Å². The first-order valence-corrected chi connectivity index (χ1v) is 7.73. The van der Waals surface area contributed by atoms with Gasteiger partial charge in [0.15, 0.2) is 11.6 Å². The molecule has 2 heterocycles. The Kier molecular flexibility index (Phi) is 4.91. The first kappa shape index (κ1) is 15.2. The standard InChI is InChI=1S/C14H22N4OS/c1-5-6-8(2)19-7-11-16-13(18-15)12-9(3)10(4)20-14(12)17-11/h8H,5-7,15H2,1-4H3,(H,16,17,18). The molecule has 0 aliphatic rings. The minimum Gasteiger partial charge on any atom is -0.371 e. The number of nitrogens with one attached hydrogen (secondary N) is 1. The molecule has 0 saturated heterocycles. The molecule has 3 N–H and O–H groups in total. The number of anilines is 1. The van der Waals surface area contributed by atoms with Crippen molar-refractivity contribution in [2.45, 2.75) is 53.2 Å². The van der Waals surface area contributed by atoms with Gasteiger partial charge in [0.2, 0.25) is 0 Å². The molecule has 2 rings (SSSR count).